The molecule has 6 heteroatoms. The molecule has 0 atom stereocenters. The van der Waals surface area contributed by atoms with E-state index in [2.05, 4.69) is 39.5 Å². The highest BCUT2D eigenvalue weighted by atomic mass is 35.5. The van der Waals surface area contributed by atoms with Crippen LogP contribution in [0.2, 0.25) is 5.15 Å². The lowest BCUT2D eigenvalue weighted by molar-refractivity contribution is 0.676. The molecule has 0 bridgehead atoms. The quantitative estimate of drug-likeness (QED) is 0.760. The van der Waals surface area contributed by atoms with Crippen molar-refractivity contribution in [3.63, 3.8) is 0 Å². The molecule has 1 aromatic carbocycles. The Hall–Kier alpha value is -1.75. The van der Waals surface area contributed by atoms with Crippen LogP contribution in [-0.4, -0.2) is 23.5 Å². The van der Waals surface area contributed by atoms with Crippen LogP contribution in [0.5, 0.6) is 0 Å². The summed E-state index contributed by atoms with van der Waals surface area (Å²) in [7, 11) is 4.08. The Morgan fingerprint density at radius 2 is 1.83 bits per heavy atom. The molecular formula is C17H20Cl2N4. The fourth-order valence-corrected chi connectivity index (χ4v) is 2.66. The van der Waals surface area contributed by atoms with E-state index in [9.17, 15) is 0 Å². The van der Waals surface area contributed by atoms with E-state index in [1.54, 1.807) is 0 Å². The minimum absolute atomic E-state index is 0. The molecular weight excluding hydrogens is 331 g/mol. The first kappa shape index (κ1) is 17.6. The summed E-state index contributed by atoms with van der Waals surface area (Å²) in [4.78, 5) is 6.45. The van der Waals surface area contributed by atoms with Gasteiger partial charge in [-0.2, -0.15) is 0 Å². The van der Waals surface area contributed by atoms with Gasteiger partial charge < -0.3 is 14.6 Å². The normalized spacial score (nSPS) is 10.6. The third-order valence-corrected chi connectivity index (χ3v) is 3.96. The van der Waals surface area contributed by atoms with Crippen LogP contribution in [0.25, 0.3) is 5.65 Å². The number of benzene rings is 1. The maximum atomic E-state index is 6.23. The average molecular weight is 351 g/mol. The summed E-state index contributed by atoms with van der Waals surface area (Å²) in [5.41, 5.74) is 4.31. The minimum Gasteiger partial charge on any atom is -0.378 e. The topological polar surface area (TPSA) is 32.6 Å². The van der Waals surface area contributed by atoms with Crippen molar-refractivity contribution in [2.75, 3.05) is 19.0 Å². The van der Waals surface area contributed by atoms with Crippen LogP contribution < -0.4 is 10.2 Å². The molecule has 0 radical (unpaired) electrons. The summed E-state index contributed by atoms with van der Waals surface area (Å²) in [6.45, 7) is 1.48. The average Bonchev–Trinajstić information content (AvgIpc) is 2.84. The first-order valence-corrected chi connectivity index (χ1v) is 7.61. The maximum absolute atomic E-state index is 6.23. The van der Waals surface area contributed by atoms with Gasteiger partial charge in [-0.25, -0.2) is 4.98 Å². The van der Waals surface area contributed by atoms with Crippen LogP contribution in [0.4, 0.5) is 5.69 Å². The number of pyridine rings is 1. The van der Waals surface area contributed by atoms with Crippen LogP contribution in [0.1, 0.15) is 11.3 Å². The highest BCUT2D eigenvalue weighted by molar-refractivity contribution is 6.30. The molecule has 0 saturated carbocycles. The highest BCUT2D eigenvalue weighted by Crippen LogP contribution is 2.17. The molecule has 0 amide bonds. The van der Waals surface area contributed by atoms with Gasteiger partial charge in [0.25, 0.3) is 0 Å². The number of anilines is 1. The van der Waals surface area contributed by atoms with Gasteiger partial charge in [0.1, 0.15) is 5.65 Å². The molecule has 2 aromatic heterocycles. The minimum atomic E-state index is 0. The summed E-state index contributed by atoms with van der Waals surface area (Å²) in [6.07, 6.45) is 1.98. The third-order valence-electron chi connectivity index (χ3n) is 3.65. The van der Waals surface area contributed by atoms with Crippen molar-refractivity contribution in [1.82, 2.24) is 14.7 Å². The van der Waals surface area contributed by atoms with Crippen molar-refractivity contribution in [2.24, 2.45) is 0 Å². The number of hydrogen-bond donors (Lipinski definition) is 1. The Bertz CT molecular complexity index is 766. The SMILES string of the molecule is CN(C)c1ccc(CNCc2c(Cl)nc3ccccn23)cc1.Cl. The van der Waals surface area contributed by atoms with E-state index in [0.717, 1.165) is 17.9 Å². The number of fused-ring (bicyclic) bond motifs is 1. The molecule has 23 heavy (non-hydrogen) atoms. The Labute approximate surface area is 147 Å². The van der Waals surface area contributed by atoms with Crippen molar-refractivity contribution < 1.29 is 0 Å². The smallest absolute Gasteiger partial charge is 0.152 e. The highest BCUT2D eigenvalue weighted by Gasteiger charge is 2.09. The zero-order valence-electron chi connectivity index (χ0n) is 13.2. The standard InChI is InChI=1S/C17H19ClN4.ClH/c1-21(2)14-8-6-13(7-9-14)11-19-12-15-17(18)20-16-5-3-4-10-22(15)16;/h3-10,19H,11-12H2,1-2H3;1H. The first-order valence-electron chi connectivity index (χ1n) is 7.23. The van der Waals surface area contributed by atoms with Gasteiger partial charge in [-0.15, -0.1) is 12.4 Å². The molecule has 3 aromatic rings. The van der Waals surface area contributed by atoms with E-state index in [4.69, 9.17) is 11.6 Å². The number of imidazole rings is 1. The number of hydrogen-bond acceptors (Lipinski definition) is 3. The van der Waals surface area contributed by atoms with Gasteiger partial charge >= 0.3 is 0 Å². The molecule has 0 unspecified atom stereocenters. The first-order chi connectivity index (χ1) is 10.6. The van der Waals surface area contributed by atoms with Crippen LogP contribution >= 0.6 is 24.0 Å². The van der Waals surface area contributed by atoms with Gasteiger partial charge in [-0.1, -0.05) is 29.8 Å². The van der Waals surface area contributed by atoms with Crippen molar-refractivity contribution in [1.29, 1.82) is 0 Å². The molecule has 0 saturated heterocycles. The number of rotatable bonds is 5. The van der Waals surface area contributed by atoms with Crippen LogP contribution in [0.15, 0.2) is 48.7 Å². The molecule has 0 aliphatic heterocycles. The molecule has 2 heterocycles. The van der Waals surface area contributed by atoms with Crippen LogP contribution in [0, 0.1) is 0 Å². The van der Waals surface area contributed by atoms with Gasteiger partial charge in [-0.3, -0.25) is 0 Å². The van der Waals surface area contributed by atoms with Gasteiger partial charge in [0.2, 0.25) is 0 Å². The summed E-state index contributed by atoms with van der Waals surface area (Å²) >= 11 is 6.23. The second kappa shape index (κ2) is 7.68. The molecule has 0 aliphatic rings. The summed E-state index contributed by atoms with van der Waals surface area (Å²) in [6, 6.07) is 14.4. The van der Waals surface area contributed by atoms with E-state index in [1.165, 1.54) is 11.3 Å². The maximum Gasteiger partial charge on any atom is 0.152 e. The van der Waals surface area contributed by atoms with Crippen molar-refractivity contribution >= 4 is 35.3 Å². The van der Waals surface area contributed by atoms with Gasteiger partial charge in [-0.05, 0) is 29.8 Å². The lowest BCUT2D eigenvalue weighted by Gasteiger charge is -2.13. The van der Waals surface area contributed by atoms with E-state index in [0.29, 0.717) is 11.7 Å². The lowest BCUT2D eigenvalue weighted by atomic mass is 10.2. The number of nitrogens with zero attached hydrogens (tertiary/aromatic N) is 3. The summed E-state index contributed by atoms with van der Waals surface area (Å²) in [5, 5.41) is 3.98. The lowest BCUT2D eigenvalue weighted by Crippen LogP contribution is -2.14. The van der Waals surface area contributed by atoms with E-state index in [-0.39, 0.29) is 12.4 Å². The molecule has 0 fully saturated rings. The Morgan fingerprint density at radius 3 is 2.52 bits per heavy atom. The molecule has 0 spiro atoms. The second-order valence-corrected chi connectivity index (χ2v) is 5.80. The molecule has 0 aliphatic carbocycles. The predicted molar refractivity (Wildman–Crippen MR) is 98.8 cm³/mol. The fraction of sp³-hybridized carbons (Fsp3) is 0.235. The monoisotopic (exact) mass is 350 g/mol. The summed E-state index contributed by atoms with van der Waals surface area (Å²) < 4.78 is 2.02. The number of halogens is 2. The van der Waals surface area contributed by atoms with Gasteiger partial charge in [0.05, 0.1) is 5.69 Å². The zero-order valence-corrected chi connectivity index (χ0v) is 14.7. The van der Waals surface area contributed by atoms with Crippen LogP contribution in [-0.2, 0) is 13.1 Å². The zero-order chi connectivity index (χ0) is 15.5. The van der Waals surface area contributed by atoms with Crippen molar-refractivity contribution in [3.8, 4) is 0 Å². The van der Waals surface area contributed by atoms with E-state index < -0.39 is 0 Å². The van der Waals surface area contributed by atoms with E-state index in [1.807, 2.05) is 42.9 Å². The molecule has 1 N–H and O–H groups in total. The van der Waals surface area contributed by atoms with Crippen molar-refractivity contribution in [3.05, 3.63) is 65.1 Å². The second-order valence-electron chi connectivity index (χ2n) is 5.44. The Balaban J connectivity index is 0.00000192. The third kappa shape index (κ3) is 3.96. The number of aromatic nitrogens is 2. The largest absolute Gasteiger partial charge is 0.378 e. The number of nitrogens with one attached hydrogen (secondary N) is 1. The fourth-order valence-electron chi connectivity index (χ4n) is 2.41. The summed E-state index contributed by atoms with van der Waals surface area (Å²) in [5.74, 6) is 0. The predicted octanol–water partition coefficient (Wildman–Crippen LogP) is 3.77. The van der Waals surface area contributed by atoms with E-state index >= 15 is 0 Å². The van der Waals surface area contributed by atoms with Gasteiger partial charge in [0, 0.05) is 39.1 Å². The van der Waals surface area contributed by atoms with Gasteiger partial charge in [0.15, 0.2) is 5.15 Å². The Morgan fingerprint density at radius 1 is 1.09 bits per heavy atom. The molecule has 3 rings (SSSR count). The molecule has 122 valence electrons. The van der Waals surface area contributed by atoms with Crippen molar-refractivity contribution in [2.45, 2.75) is 13.1 Å². The Kier molecular flexibility index (Phi) is 5.88. The molecule has 4 nitrogen and oxygen atoms in total. The van der Waals surface area contributed by atoms with Crippen LogP contribution in [0.3, 0.4) is 0 Å².